The first kappa shape index (κ1) is 11.3. The Labute approximate surface area is 88.4 Å². The maximum Gasteiger partial charge on any atom is -0.0276 e. The first-order chi connectivity index (χ1) is 6.77. The molecular formula is C14H22. The summed E-state index contributed by atoms with van der Waals surface area (Å²) in [5.74, 6) is 0. The van der Waals surface area contributed by atoms with Gasteiger partial charge < -0.3 is 0 Å². The Hall–Kier alpha value is -0.780. The number of benzene rings is 1. The van der Waals surface area contributed by atoms with Crippen LogP contribution in [0.25, 0.3) is 0 Å². The number of unbranched alkanes of at least 4 members (excludes halogenated alkanes) is 2. The second-order valence-electron chi connectivity index (χ2n) is 4.07. The highest BCUT2D eigenvalue weighted by Crippen LogP contribution is 2.14. The molecule has 14 heavy (non-hydrogen) atoms. The van der Waals surface area contributed by atoms with Gasteiger partial charge in [0.2, 0.25) is 0 Å². The lowest BCUT2D eigenvalue weighted by Gasteiger charge is -2.07. The van der Waals surface area contributed by atoms with Crippen LogP contribution in [-0.2, 0) is 12.8 Å². The summed E-state index contributed by atoms with van der Waals surface area (Å²) >= 11 is 0. The molecule has 0 radical (unpaired) electrons. The molecule has 1 rings (SSSR count). The van der Waals surface area contributed by atoms with Gasteiger partial charge in [-0.1, -0.05) is 44.9 Å². The van der Waals surface area contributed by atoms with Crippen molar-refractivity contribution < 1.29 is 0 Å². The molecule has 0 aliphatic carbocycles. The van der Waals surface area contributed by atoms with E-state index in [-0.39, 0.29) is 0 Å². The third-order valence-electron chi connectivity index (χ3n) is 2.86. The van der Waals surface area contributed by atoms with Crippen LogP contribution in [0, 0.1) is 6.92 Å². The normalized spacial score (nSPS) is 10.5. The highest BCUT2D eigenvalue weighted by Gasteiger charge is 1.98. The van der Waals surface area contributed by atoms with Crippen molar-refractivity contribution in [2.45, 2.75) is 52.9 Å². The molecule has 0 heterocycles. The van der Waals surface area contributed by atoms with Crippen molar-refractivity contribution in [2.75, 3.05) is 0 Å². The average molecular weight is 190 g/mol. The topological polar surface area (TPSA) is 0 Å². The molecule has 0 bridgehead atoms. The molecule has 1 aromatic carbocycles. The summed E-state index contributed by atoms with van der Waals surface area (Å²) in [4.78, 5) is 0. The minimum atomic E-state index is 1.15. The molecule has 0 aliphatic rings. The Morgan fingerprint density at radius 3 is 2.43 bits per heavy atom. The Bertz CT molecular complexity index is 273. The number of hydrogen-bond donors (Lipinski definition) is 0. The van der Waals surface area contributed by atoms with Crippen molar-refractivity contribution in [3.05, 3.63) is 34.9 Å². The van der Waals surface area contributed by atoms with E-state index >= 15 is 0 Å². The SMILES string of the molecule is CCCCCc1ccc(CC)cc1C. The van der Waals surface area contributed by atoms with Crippen LogP contribution in [0.5, 0.6) is 0 Å². The summed E-state index contributed by atoms with van der Waals surface area (Å²) < 4.78 is 0. The van der Waals surface area contributed by atoms with Crippen molar-refractivity contribution in [3.63, 3.8) is 0 Å². The van der Waals surface area contributed by atoms with Gasteiger partial charge in [-0.15, -0.1) is 0 Å². The molecule has 78 valence electrons. The third kappa shape index (κ3) is 3.17. The van der Waals surface area contributed by atoms with E-state index in [2.05, 4.69) is 39.0 Å². The maximum atomic E-state index is 2.33. The molecule has 0 unspecified atom stereocenters. The summed E-state index contributed by atoms with van der Waals surface area (Å²) in [5, 5.41) is 0. The van der Waals surface area contributed by atoms with Crippen molar-refractivity contribution in [2.24, 2.45) is 0 Å². The molecule has 0 aliphatic heterocycles. The van der Waals surface area contributed by atoms with Crippen LogP contribution in [0.4, 0.5) is 0 Å². The summed E-state index contributed by atoms with van der Waals surface area (Å²) in [6.07, 6.45) is 6.41. The molecule has 0 heteroatoms. The van der Waals surface area contributed by atoms with E-state index < -0.39 is 0 Å². The lowest BCUT2D eigenvalue weighted by atomic mass is 9.99. The van der Waals surface area contributed by atoms with Crippen LogP contribution >= 0.6 is 0 Å². The Morgan fingerprint density at radius 2 is 1.86 bits per heavy atom. The molecule has 1 aromatic rings. The lowest BCUT2D eigenvalue weighted by molar-refractivity contribution is 0.715. The fourth-order valence-corrected chi connectivity index (χ4v) is 1.82. The van der Waals surface area contributed by atoms with Crippen molar-refractivity contribution in [1.82, 2.24) is 0 Å². The molecule has 0 N–H and O–H groups in total. The van der Waals surface area contributed by atoms with E-state index in [1.807, 2.05) is 0 Å². The van der Waals surface area contributed by atoms with Crippen LogP contribution < -0.4 is 0 Å². The second kappa shape index (κ2) is 5.85. The van der Waals surface area contributed by atoms with Crippen molar-refractivity contribution in [1.29, 1.82) is 0 Å². The van der Waals surface area contributed by atoms with Crippen molar-refractivity contribution in [3.8, 4) is 0 Å². The molecule has 0 spiro atoms. The first-order valence-electron chi connectivity index (χ1n) is 5.86. The van der Waals surface area contributed by atoms with E-state index in [4.69, 9.17) is 0 Å². The molecule has 0 aromatic heterocycles. The zero-order chi connectivity index (χ0) is 10.4. The van der Waals surface area contributed by atoms with E-state index in [0.717, 1.165) is 6.42 Å². The lowest BCUT2D eigenvalue weighted by Crippen LogP contribution is -1.91. The summed E-state index contributed by atoms with van der Waals surface area (Å²) in [5.41, 5.74) is 4.47. The standard InChI is InChI=1S/C14H22/c1-4-6-7-8-14-10-9-13(5-2)11-12(14)3/h9-11H,4-8H2,1-3H3. The van der Waals surface area contributed by atoms with Gasteiger partial charge in [0.1, 0.15) is 0 Å². The first-order valence-corrected chi connectivity index (χ1v) is 5.86. The molecule has 0 amide bonds. The van der Waals surface area contributed by atoms with Gasteiger partial charge in [-0.2, -0.15) is 0 Å². The molecule has 0 nitrogen and oxygen atoms in total. The number of aryl methyl sites for hydroxylation is 3. The smallest absolute Gasteiger partial charge is 0.0276 e. The quantitative estimate of drug-likeness (QED) is 0.608. The highest BCUT2D eigenvalue weighted by molar-refractivity contribution is 5.31. The van der Waals surface area contributed by atoms with Gasteiger partial charge >= 0.3 is 0 Å². The predicted octanol–water partition coefficient (Wildman–Crippen LogP) is 4.29. The maximum absolute atomic E-state index is 2.33. The van der Waals surface area contributed by atoms with Crippen molar-refractivity contribution >= 4 is 0 Å². The van der Waals surface area contributed by atoms with Crippen LogP contribution in [0.2, 0.25) is 0 Å². The van der Waals surface area contributed by atoms with Gasteiger partial charge in [0.15, 0.2) is 0 Å². The van der Waals surface area contributed by atoms with Crippen LogP contribution in [0.1, 0.15) is 49.8 Å². The fraction of sp³-hybridized carbons (Fsp3) is 0.571. The van der Waals surface area contributed by atoms with Crippen LogP contribution in [-0.4, -0.2) is 0 Å². The van der Waals surface area contributed by atoms with E-state index in [1.165, 1.54) is 42.4 Å². The molecule has 0 saturated carbocycles. The van der Waals surface area contributed by atoms with Gasteiger partial charge in [-0.25, -0.2) is 0 Å². The Kier molecular flexibility index (Phi) is 4.72. The fourth-order valence-electron chi connectivity index (χ4n) is 1.82. The summed E-state index contributed by atoms with van der Waals surface area (Å²) in [6, 6.07) is 6.92. The average Bonchev–Trinajstić information content (AvgIpc) is 2.20. The van der Waals surface area contributed by atoms with Crippen LogP contribution in [0.3, 0.4) is 0 Å². The minimum Gasteiger partial charge on any atom is -0.0654 e. The molecule has 0 atom stereocenters. The van der Waals surface area contributed by atoms with Gasteiger partial charge in [0.05, 0.1) is 0 Å². The second-order valence-corrected chi connectivity index (χ2v) is 4.07. The number of hydrogen-bond acceptors (Lipinski definition) is 0. The van der Waals surface area contributed by atoms with Gasteiger partial charge in [-0.05, 0) is 42.9 Å². The summed E-state index contributed by atoms with van der Waals surface area (Å²) in [7, 11) is 0. The minimum absolute atomic E-state index is 1.15. The molecule has 0 saturated heterocycles. The monoisotopic (exact) mass is 190 g/mol. The molecule has 0 fully saturated rings. The highest BCUT2D eigenvalue weighted by atomic mass is 14.0. The zero-order valence-corrected chi connectivity index (χ0v) is 9.77. The van der Waals surface area contributed by atoms with E-state index in [9.17, 15) is 0 Å². The van der Waals surface area contributed by atoms with Gasteiger partial charge in [0, 0.05) is 0 Å². The van der Waals surface area contributed by atoms with Gasteiger partial charge in [0.25, 0.3) is 0 Å². The summed E-state index contributed by atoms with van der Waals surface area (Å²) in [6.45, 7) is 6.71. The van der Waals surface area contributed by atoms with E-state index in [1.54, 1.807) is 0 Å². The van der Waals surface area contributed by atoms with Crippen LogP contribution in [0.15, 0.2) is 18.2 Å². The van der Waals surface area contributed by atoms with Gasteiger partial charge in [-0.3, -0.25) is 0 Å². The Balaban J connectivity index is 2.59. The largest absolute Gasteiger partial charge is 0.0654 e. The zero-order valence-electron chi connectivity index (χ0n) is 9.77. The molecular weight excluding hydrogens is 168 g/mol. The number of rotatable bonds is 5. The third-order valence-corrected chi connectivity index (χ3v) is 2.86. The Morgan fingerprint density at radius 1 is 1.07 bits per heavy atom. The predicted molar refractivity (Wildman–Crippen MR) is 63.8 cm³/mol. The van der Waals surface area contributed by atoms with E-state index in [0.29, 0.717) is 0 Å².